The third-order valence-electron chi connectivity index (χ3n) is 2.80. The number of amidine groups is 1. The van der Waals surface area contributed by atoms with Crippen molar-refractivity contribution in [3.63, 3.8) is 0 Å². The molecular formula is C12H27N3O. The smallest absolute Gasteiger partial charge is 0.156 e. The van der Waals surface area contributed by atoms with E-state index in [2.05, 4.69) is 17.4 Å². The Kier molecular flexibility index (Phi) is 10.2. The molecule has 0 amide bonds. The molecule has 4 heteroatoms. The molecule has 96 valence electrons. The van der Waals surface area contributed by atoms with Crippen LogP contribution in [0.1, 0.15) is 58.8 Å². The summed E-state index contributed by atoms with van der Waals surface area (Å²) in [6.07, 6.45) is 8.57. The van der Waals surface area contributed by atoms with Crippen LogP contribution in [0.3, 0.4) is 0 Å². The third kappa shape index (κ3) is 7.51. The molecule has 4 nitrogen and oxygen atoms in total. The predicted octanol–water partition coefficient (Wildman–Crippen LogP) is 2.46. The highest BCUT2D eigenvalue weighted by Crippen LogP contribution is 2.04. The Labute approximate surface area is 99.3 Å². The van der Waals surface area contributed by atoms with Crippen LogP contribution in [0.2, 0.25) is 0 Å². The van der Waals surface area contributed by atoms with Gasteiger partial charge in [-0.25, -0.2) is 0 Å². The van der Waals surface area contributed by atoms with E-state index in [1.165, 1.54) is 38.5 Å². The zero-order chi connectivity index (χ0) is 12.2. The van der Waals surface area contributed by atoms with E-state index < -0.39 is 0 Å². The number of nitrogens with zero attached hydrogens (tertiary/aromatic N) is 1. The summed E-state index contributed by atoms with van der Waals surface area (Å²) >= 11 is 0. The lowest BCUT2D eigenvalue weighted by molar-refractivity contribution is 0.314. The van der Waals surface area contributed by atoms with E-state index in [1.54, 1.807) is 0 Å². The highest BCUT2D eigenvalue weighted by Gasteiger charge is 2.09. The molecule has 4 N–H and O–H groups in total. The van der Waals surface area contributed by atoms with Crippen molar-refractivity contribution >= 4 is 5.84 Å². The van der Waals surface area contributed by atoms with Gasteiger partial charge in [0.05, 0.1) is 6.04 Å². The lowest BCUT2D eigenvalue weighted by atomic mass is 10.1. The summed E-state index contributed by atoms with van der Waals surface area (Å²) < 4.78 is 0. The minimum absolute atomic E-state index is 0.0145. The minimum atomic E-state index is 0.0145. The van der Waals surface area contributed by atoms with Gasteiger partial charge in [0.1, 0.15) is 0 Å². The van der Waals surface area contributed by atoms with Crippen molar-refractivity contribution in [2.24, 2.45) is 10.9 Å². The van der Waals surface area contributed by atoms with E-state index in [4.69, 9.17) is 10.9 Å². The van der Waals surface area contributed by atoms with Gasteiger partial charge < -0.3 is 16.3 Å². The topological polar surface area (TPSA) is 70.6 Å². The largest absolute Gasteiger partial charge is 0.409 e. The fraction of sp³-hybridized carbons (Fsp3) is 0.917. The van der Waals surface area contributed by atoms with Crippen molar-refractivity contribution in [3.8, 4) is 0 Å². The summed E-state index contributed by atoms with van der Waals surface area (Å²) in [6.45, 7) is 5.20. The Hall–Kier alpha value is -0.770. The number of nitrogens with one attached hydrogen (secondary N) is 1. The molecule has 0 bridgehead atoms. The van der Waals surface area contributed by atoms with Crippen LogP contribution in [0.25, 0.3) is 0 Å². The molecule has 0 rings (SSSR count). The summed E-state index contributed by atoms with van der Waals surface area (Å²) in [4.78, 5) is 0. The van der Waals surface area contributed by atoms with Crippen LogP contribution in [-0.2, 0) is 0 Å². The summed E-state index contributed by atoms with van der Waals surface area (Å²) in [5, 5.41) is 14.9. The number of nitrogens with two attached hydrogens (primary N) is 1. The van der Waals surface area contributed by atoms with E-state index in [-0.39, 0.29) is 11.9 Å². The van der Waals surface area contributed by atoms with Crippen LogP contribution in [0, 0.1) is 0 Å². The standard InChI is InChI=1S/C12H27N3O/c1-3-5-6-7-8-9-10-14-11(4-2)12(13)15-16/h11,14,16H,3-10H2,1-2H3,(H2,13,15). The molecule has 0 spiro atoms. The fourth-order valence-electron chi connectivity index (χ4n) is 1.71. The Morgan fingerprint density at radius 3 is 2.38 bits per heavy atom. The molecule has 1 unspecified atom stereocenters. The van der Waals surface area contributed by atoms with Crippen LogP contribution in [0.4, 0.5) is 0 Å². The summed E-state index contributed by atoms with van der Waals surface area (Å²) in [6, 6.07) is 0.0145. The van der Waals surface area contributed by atoms with Crippen LogP contribution >= 0.6 is 0 Å². The molecule has 0 aromatic carbocycles. The van der Waals surface area contributed by atoms with Crippen LogP contribution in [0.5, 0.6) is 0 Å². The lowest BCUT2D eigenvalue weighted by Crippen LogP contribution is -2.41. The van der Waals surface area contributed by atoms with E-state index in [1.807, 2.05) is 6.92 Å². The van der Waals surface area contributed by atoms with Gasteiger partial charge >= 0.3 is 0 Å². The maximum absolute atomic E-state index is 8.56. The second kappa shape index (κ2) is 10.7. The summed E-state index contributed by atoms with van der Waals surface area (Å²) in [5.41, 5.74) is 5.55. The van der Waals surface area contributed by atoms with Gasteiger partial charge in [-0.1, -0.05) is 51.1 Å². The van der Waals surface area contributed by atoms with Crippen LogP contribution in [-0.4, -0.2) is 23.6 Å². The van der Waals surface area contributed by atoms with Crippen LogP contribution in [0.15, 0.2) is 5.16 Å². The van der Waals surface area contributed by atoms with Crippen molar-refractivity contribution < 1.29 is 5.21 Å². The molecule has 0 radical (unpaired) electrons. The average molecular weight is 229 g/mol. The second-order valence-electron chi connectivity index (χ2n) is 4.21. The van der Waals surface area contributed by atoms with Crippen LogP contribution < -0.4 is 11.1 Å². The van der Waals surface area contributed by atoms with Crippen molar-refractivity contribution in [1.82, 2.24) is 5.32 Å². The normalized spacial score (nSPS) is 14.0. The molecule has 0 aliphatic rings. The van der Waals surface area contributed by atoms with E-state index in [0.717, 1.165) is 13.0 Å². The number of rotatable bonds is 10. The Balaban J connectivity index is 3.42. The molecule has 0 saturated heterocycles. The predicted molar refractivity (Wildman–Crippen MR) is 68.9 cm³/mol. The molecule has 0 aromatic heterocycles. The van der Waals surface area contributed by atoms with Gasteiger partial charge in [0.15, 0.2) is 5.84 Å². The molecule has 0 fully saturated rings. The molecule has 0 heterocycles. The molecule has 1 atom stereocenters. The fourth-order valence-corrected chi connectivity index (χ4v) is 1.71. The maximum atomic E-state index is 8.56. The van der Waals surface area contributed by atoms with Gasteiger partial charge in [0.2, 0.25) is 0 Å². The van der Waals surface area contributed by atoms with Gasteiger partial charge in [0.25, 0.3) is 0 Å². The maximum Gasteiger partial charge on any atom is 0.156 e. The molecule has 0 aliphatic heterocycles. The monoisotopic (exact) mass is 229 g/mol. The van der Waals surface area contributed by atoms with Crippen molar-refractivity contribution in [2.45, 2.75) is 64.8 Å². The Bertz CT molecular complexity index is 183. The second-order valence-corrected chi connectivity index (χ2v) is 4.21. The Morgan fingerprint density at radius 2 is 1.81 bits per heavy atom. The number of hydrogen-bond donors (Lipinski definition) is 3. The quantitative estimate of drug-likeness (QED) is 0.177. The van der Waals surface area contributed by atoms with Gasteiger partial charge in [-0.3, -0.25) is 0 Å². The number of hydrogen-bond acceptors (Lipinski definition) is 3. The van der Waals surface area contributed by atoms with Gasteiger partial charge in [0, 0.05) is 0 Å². The first-order chi connectivity index (χ1) is 7.76. The summed E-state index contributed by atoms with van der Waals surface area (Å²) in [7, 11) is 0. The highest BCUT2D eigenvalue weighted by atomic mass is 16.4. The first-order valence-corrected chi connectivity index (χ1v) is 6.47. The van der Waals surface area contributed by atoms with Crippen molar-refractivity contribution in [3.05, 3.63) is 0 Å². The van der Waals surface area contributed by atoms with Crippen molar-refractivity contribution in [1.29, 1.82) is 0 Å². The zero-order valence-corrected chi connectivity index (χ0v) is 10.7. The van der Waals surface area contributed by atoms with E-state index in [9.17, 15) is 0 Å². The first kappa shape index (κ1) is 15.2. The summed E-state index contributed by atoms with van der Waals surface area (Å²) in [5.74, 6) is 0.286. The molecular weight excluding hydrogens is 202 g/mol. The average Bonchev–Trinajstić information content (AvgIpc) is 2.32. The third-order valence-corrected chi connectivity index (χ3v) is 2.80. The first-order valence-electron chi connectivity index (χ1n) is 6.47. The van der Waals surface area contributed by atoms with Gasteiger partial charge in [-0.15, -0.1) is 0 Å². The molecule has 0 aromatic rings. The molecule has 16 heavy (non-hydrogen) atoms. The zero-order valence-electron chi connectivity index (χ0n) is 10.7. The SMILES string of the molecule is CCCCCCCCNC(CC)C(N)=NO. The lowest BCUT2D eigenvalue weighted by Gasteiger charge is -2.14. The van der Waals surface area contributed by atoms with E-state index in [0.29, 0.717) is 0 Å². The van der Waals surface area contributed by atoms with Gasteiger partial charge in [-0.2, -0.15) is 0 Å². The highest BCUT2D eigenvalue weighted by molar-refractivity contribution is 5.85. The van der Waals surface area contributed by atoms with E-state index >= 15 is 0 Å². The molecule has 0 aliphatic carbocycles. The van der Waals surface area contributed by atoms with Crippen molar-refractivity contribution in [2.75, 3.05) is 6.54 Å². The molecule has 0 saturated carbocycles. The number of unbranched alkanes of at least 4 members (excludes halogenated alkanes) is 5. The van der Waals surface area contributed by atoms with Gasteiger partial charge in [-0.05, 0) is 19.4 Å². The minimum Gasteiger partial charge on any atom is -0.409 e. The Morgan fingerprint density at radius 1 is 1.19 bits per heavy atom. The number of oxime groups is 1.